The van der Waals surface area contributed by atoms with Crippen LogP contribution in [0.5, 0.6) is 0 Å². The van der Waals surface area contributed by atoms with E-state index >= 15 is 0 Å². The van der Waals surface area contributed by atoms with Gasteiger partial charge in [-0.2, -0.15) is 0 Å². The molecule has 12 heteroatoms. The lowest BCUT2D eigenvalue weighted by atomic mass is 9.51. The summed E-state index contributed by atoms with van der Waals surface area (Å²) < 4.78 is 28.5. The summed E-state index contributed by atoms with van der Waals surface area (Å²) in [5.74, 6) is -5.84. The van der Waals surface area contributed by atoms with Gasteiger partial charge in [0.15, 0.2) is 17.8 Å². The van der Waals surface area contributed by atoms with Crippen LogP contribution < -0.4 is 0 Å². The molecule has 12 nitrogen and oxygen atoms in total. The standard InChI is InChI=1S/C22H26O12/c1-7-14(26)32-12-11(25)20-9-5-8(18(2,3)4)19(20)13(30-6-10(23)24)15(27)33-17(19)34-22(20,16(28)31-9)21(7,12)29/h7-9,11-13,17,25,29H,5-6H2,1-4H3,(H,23,24)/t7?,8-,9?,11-,12-,13-,17?,19?,20-,21+,22+/m0/s1. The van der Waals surface area contributed by atoms with E-state index in [0.717, 1.165) is 0 Å². The fraction of sp³-hybridized carbons (Fsp3) is 0.818. The van der Waals surface area contributed by atoms with Crippen molar-refractivity contribution in [1.82, 2.24) is 0 Å². The summed E-state index contributed by atoms with van der Waals surface area (Å²) >= 11 is 0. The third kappa shape index (κ3) is 1.80. The predicted octanol–water partition coefficient (Wildman–Crippen LogP) is -1.26. The van der Waals surface area contributed by atoms with Crippen LogP contribution in [0.4, 0.5) is 0 Å². The molecule has 0 aromatic heterocycles. The Bertz CT molecular complexity index is 1050. The fourth-order valence-corrected chi connectivity index (χ4v) is 8.45. The van der Waals surface area contributed by atoms with Gasteiger partial charge in [0.1, 0.15) is 18.8 Å². The molecule has 4 heterocycles. The number of ether oxygens (including phenoxy) is 5. The second-order valence-corrected chi connectivity index (χ2v) is 11.4. The Labute approximate surface area is 193 Å². The molecule has 34 heavy (non-hydrogen) atoms. The van der Waals surface area contributed by atoms with Crippen LogP contribution in [0.2, 0.25) is 0 Å². The molecule has 11 atom stereocenters. The molecule has 2 aliphatic carbocycles. The Morgan fingerprint density at radius 3 is 2.44 bits per heavy atom. The monoisotopic (exact) mass is 482 g/mol. The van der Waals surface area contributed by atoms with Crippen molar-refractivity contribution in [3.05, 3.63) is 0 Å². The fourth-order valence-electron chi connectivity index (χ4n) is 8.45. The van der Waals surface area contributed by atoms with E-state index in [1.165, 1.54) is 6.92 Å². The smallest absolute Gasteiger partial charge is 0.343 e. The molecule has 3 N–H and O–H groups in total. The molecule has 0 radical (unpaired) electrons. The van der Waals surface area contributed by atoms with Crippen molar-refractivity contribution in [2.75, 3.05) is 6.61 Å². The third-order valence-electron chi connectivity index (χ3n) is 9.34. The average molecular weight is 482 g/mol. The minimum atomic E-state index is -2.32. The molecule has 6 fully saturated rings. The molecule has 2 spiro atoms. The molecule has 0 aromatic rings. The van der Waals surface area contributed by atoms with Crippen molar-refractivity contribution < 1.29 is 58.2 Å². The van der Waals surface area contributed by atoms with E-state index in [4.69, 9.17) is 23.7 Å². The number of carbonyl (C=O) groups is 4. The molecule has 0 amide bonds. The Kier molecular flexibility index (Phi) is 3.86. The molecule has 6 rings (SSSR count). The predicted molar refractivity (Wildman–Crippen MR) is 103 cm³/mol. The van der Waals surface area contributed by atoms with Gasteiger partial charge in [-0.25, -0.2) is 14.4 Å². The topological polar surface area (TPSA) is 175 Å². The van der Waals surface area contributed by atoms with Crippen LogP contribution in [0.25, 0.3) is 0 Å². The largest absolute Gasteiger partial charge is 0.480 e. The second-order valence-electron chi connectivity index (χ2n) is 11.4. The van der Waals surface area contributed by atoms with Crippen LogP contribution in [0.15, 0.2) is 0 Å². The highest BCUT2D eigenvalue weighted by Crippen LogP contribution is 2.84. The number of hydrogen-bond donors (Lipinski definition) is 3. The molecule has 0 bridgehead atoms. The van der Waals surface area contributed by atoms with Gasteiger partial charge in [-0.1, -0.05) is 20.8 Å². The van der Waals surface area contributed by atoms with Crippen LogP contribution in [0.3, 0.4) is 0 Å². The first kappa shape index (κ1) is 22.2. The van der Waals surface area contributed by atoms with Crippen molar-refractivity contribution in [3.63, 3.8) is 0 Å². The Morgan fingerprint density at radius 1 is 1.15 bits per heavy atom. The van der Waals surface area contributed by atoms with Crippen molar-refractivity contribution >= 4 is 23.9 Å². The van der Waals surface area contributed by atoms with Crippen molar-refractivity contribution in [3.8, 4) is 0 Å². The van der Waals surface area contributed by atoms with Gasteiger partial charge in [0.2, 0.25) is 11.9 Å². The van der Waals surface area contributed by atoms with Crippen molar-refractivity contribution in [2.45, 2.75) is 76.0 Å². The highest BCUT2D eigenvalue weighted by atomic mass is 16.8. The van der Waals surface area contributed by atoms with Crippen molar-refractivity contribution in [2.24, 2.45) is 28.1 Å². The summed E-state index contributed by atoms with van der Waals surface area (Å²) in [7, 11) is 0. The molecular weight excluding hydrogens is 456 g/mol. The average Bonchev–Trinajstić information content (AvgIpc) is 3.43. The first-order valence-electron chi connectivity index (χ1n) is 11.3. The third-order valence-corrected chi connectivity index (χ3v) is 9.34. The van der Waals surface area contributed by atoms with Gasteiger partial charge < -0.3 is 39.0 Å². The van der Waals surface area contributed by atoms with E-state index in [9.17, 15) is 34.5 Å². The van der Waals surface area contributed by atoms with Crippen LogP contribution in [-0.4, -0.2) is 87.7 Å². The zero-order chi connectivity index (χ0) is 24.8. The molecule has 0 aromatic carbocycles. The SMILES string of the molecule is CC1C(=O)O[C@H]2[C@H](O)[C@@]34C5C[C@@H](C(C)(C)C)C36C(OC(=O)[C@@H]6OCC(=O)O)O[C@@]4(C(=O)O5)[C@@]12O. The number of aliphatic carboxylic acids is 1. The van der Waals surface area contributed by atoms with Gasteiger partial charge in [0.05, 0.1) is 16.7 Å². The molecule has 2 saturated carbocycles. The first-order chi connectivity index (χ1) is 15.7. The van der Waals surface area contributed by atoms with Gasteiger partial charge in [0.25, 0.3) is 0 Å². The van der Waals surface area contributed by atoms with Crippen LogP contribution in [0.1, 0.15) is 34.1 Å². The zero-order valence-corrected chi connectivity index (χ0v) is 19.0. The lowest BCUT2D eigenvalue weighted by molar-refractivity contribution is -0.240. The minimum absolute atomic E-state index is 0.169. The van der Waals surface area contributed by atoms with Crippen molar-refractivity contribution in [1.29, 1.82) is 0 Å². The van der Waals surface area contributed by atoms with Gasteiger partial charge in [-0.05, 0) is 24.7 Å². The first-order valence-corrected chi connectivity index (χ1v) is 11.3. The summed E-state index contributed by atoms with van der Waals surface area (Å²) in [4.78, 5) is 50.5. The summed E-state index contributed by atoms with van der Waals surface area (Å²) in [5.41, 5.74) is -8.62. The van der Waals surface area contributed by atoms with E-state index in [1.807, 2.05) is 20.8 Å². The molecule has 186 valence electrons. The number of fused-ring (bicyclic) bond motifs is 1. The Morgan fingerprint density at radius 2 is 1.82 bits per heavy atom. The highest BCUT2D eigenvalue weighted by molar-refractivity contribution is 5.94. The number of carboxylic acids is 1. The maximum absolute atomic E-state index is 13.6. The number of carboxylic acid groups (broad SMARTS) is 1. The molecule has 4 saturated heterocycles. The quantitative estimate of drug-likeness (QED) is 0.322. The summed E-state index contributed by atoms with van der Waals surface area (Å²) in [6.45, 7) is 6.19. The van der Waals surface area contributed by atoms with Crippen LogP contribution >= 0.6 is 0 Å². The highest BCUT2D eigenvalue weighted by Gasteiger charge is 3.04. The number of rotatable bonds is 3. The van der Waals surface area contributed by atoms with Gasteiger partial charge in [0, 0.05) is 0 Å². The van der Waals surface area contributed by atoms with E-state index in [0.29, 0.717) is 0 Å². The number of aliphatic hydroxyl groups is 2. The van der Waals surface area contributed by atoms with Gasteiger partial charge >= 0.3 is 23.9 Å². The summed E-state index contributed by atoms with van der Waals surface area (Å²) in [6.07, 6.45) is -7.08. The van der Waals surface area contributed by atoms with Crippen LogP contribution in [-0.2, 0) is 42.9 Å². The number of aliphatic hydroxyl groups excluding tert-OH is 1. The number of carbonyl (C=O) groups excluding carboxylic acids is 3. The summed E-state index contributed by atoms with van der Waals surface area (Å²) in [5, 5.41) is 33.1. The maximum Gasteiger partial charge on any atom is 0.343 e. The Balaban J connectivity index is 1.67. The van der Waals surface area contributed by atoms with Gasteiger partial charge in [-0.3, -0.25) is 4.79 Å². The zero-order valence-electron chi connectivity index (χ0n) is 19.0. The minimum Gasteiger partial charge on any atom is -0.480 e. The second kappa shape index (κ2) is 5.92. The Hall–Kier alpha value is -2.28. The molecule has 4 unspecified atom stereocenters. The molecular formula is C22H26O12. The van der Waals surface area contributed by atoms with E-state index in [1.54, 1.807) is 0 Å². The molecule has 6 aliphatic rings. The lowest BCUT2D eigenvalue weighted by Gasteiger charge is -2.48. The summed E-state index contributed by atoms with van der Waals surface area (Å²) in [6, 6.07) is 0. The van der Waals surface area contributed by atoms with E-state index < -0.39 is 100 Å². The molecule has 4 aliphatic heterocycles. The number of hydrogen-bond acceptors (Lipinski definition) is 11. The van der Waals surface area contributed by atoms with Crippen LogP contribution in [0, 0.1) is 28.1 Å². The van der Waals surface area contributed by atoms with Gasteiger partial charge in [-0.15, -0.1) is 0 Å². The number of esters is 3. The lowest BCUT2D eigenvalue weighted by Crippen LogP contribution is -2.67. The normalized spacial score (nSPS) is 54.3. The van der Waals surface area contributed by atoms with E-state index in [-0.39, 0.29) is 6.42 Å². The van der Waals surface area contributed by atoms with E-state index in [2.05, 4.69) is 0 Å². The maximum atomic E-state index is 13.6.